The Kier molecular flexibility index (Phi) is 3.01. The van der Waals surface area contributed by atoms with Crippen molar-refractivity contribution in [3.05, 3.63) is 22.3 Å². The van der Waals surface area contributed by atoms with Crippen molar-refractivity contribution in [1.29, 1.82) is 0 Å². The fourth-order valence-electron chi connectivity index (χ4n) is 2.84. The van der Waals surface area contributed by atoms with Crippen LogP contribution in [0.3, 0.4) is 0 Å². The van der Waals surface area contributed by atoms with Gasteiger partial charge in [0.25, 0.3) is 5.91 Å². The highest BCUT2D eigenvalue weighted by molar-refractivity contribution is 7.19. The van der Waals surface area contributed by atoms with Gasteiger partial charge in [0.05, 0.1) is 0 Å². The van der Waals surface area contributed by atoms with Gasteiger partial charge in [0, 0.05) is 11.6 Å². The van der Waals surface area contributed by atoms with Gasteiger partial charge < -0.3 is 5.73 Å². The molecule has 0 aliphatic heterocycles. The molecule has 2 heterocycles. The van der Waals surface area contributed by atoms with Crippen LogP contribution in [0.25, 0.3) is 10.3 Å². The lowest BCUT2D eigenvalue weighted by Crippen LogP contribution is -2.16. The van der Waals surface area contributed by atoms with Crippen molar-refractivity contribution < 1.29 is 4.79 Å². The van der Waals surface area contributed by atoms with E-state index in [0.717, 1.165) is 16.8 Å². The number of fused-ring (bicyclic) bond motifs is 2. The lowest BCUT2D eigenvalue weighted by molar-refractivity contribution is 0.1000. The summed E-state index contributed by atoms with van der Waals surface area (Å²) < 4.78 is 0. The minimum Gasteiger partial charge on any atom is -0.364 e. The molecule has 0 fully saturated rings. The van der Waals surface area contributed by atoms with Gasteiger partial charge in [-0.05, 0) is 36.8 Å². The first kappa shape index (κ1) is 12.5. The number of thiazole rings is 1. The van der Waals surface area contributed by atoms with Crippen LogP contribution in [0.2, 0.25) is 0 Å². The van der Waals surface area contributed by atoms with Gasteiger partial charge in [-0.2, -0.15) is 0 Å². The summed E-state index contributed by atoms with van der Waals surface area (Å²) in [4.78, 5) is 21.1. The molecule has 1 unspecified atom stereocenters. The van der Waals surface area contributed by atoms with Crippen LogP contribution in [-0.4, -0.2) is 15.9 Å². The van der Waals surface area contributed by atoms with Crippen LogP contribution in [0.5, 0.6) is 0 Å². The number of carbonyl (C=O) groups excluding carboxylic acids is 1. The Morgan fingerprint density at radius 1 is 1.47 bits per heavy atom. The molecule has 100 valence electrons. The molecule has 1 amide bonds. The quantitative estimate of drug-likeness (QED) is 0.916. The SMILES string of the molecule is CC(C)C1CCCc2cc3nc(C(N)=O)sc3nc21. The Hall–Kier alpha value is -1.49. The van der Waals surface area contributed by atoms with E-state index in [1.165, 1.54) is 35.4 Å². The molecule has 4 nitrogen and oxygen atoms in total. The number of nitrogens with two attached hydrogens (primary N) is 1. The van der Waals surface area contributed by atoms with Crippen LogP contribution in [0.15, 0.2) is 6.07 Å². The Bertz CT molecular complexity index is 647. The van der Waals surface area contributed by atoms with Crippen molar-refractivity contribution in [3.8, 4) is 0 Å². The Labute approximate surface area is 116 Å². The summed E-state index contributed by atoms with van der Waals surface area (Å²) in [6, 6.07) is 2.09. The number of aryl methyl sites for hydroxylation is 1. The van der Waals surface area contributed by atoms with E-state index in [-0.39, 0.29) is 0 Å². The highest BCUT2D eigenvalue weighted by Crippen LogP contribution is 2.37. The highest BCUT2D eigenvalue weighted by atomic mass is 32.1. The zero-order chi connectivity index (χ0) is 13.6. The third-order valence-corrected chi connectivity index (χ3v) is 4.80. The number of pyridine rings is 1. The van der Waals surface area contributed by atoms with Crippen molar-refractivity contribution in [2.24, 2.45) is 11.7 Å². The number of hydrogen-bond acceptors (Lipinski definition) is 4. The molecule has 0 saturated heterocycles. The third-order valence-electron chi connectivity index (χ3n) is 3.82. The molecule has 1 atom stereocenters. The van der Waals surface area contributed by atoms with Gasteiger partial charge in [-0.1, -0.05) is 25.2 Å². The van der Waals surface area contributed by atoms with Crippen LogP contribution in [-0.2, 0) is 6.42 Å². The Morgan fingerprint density at radius 3 is 2.95 bits per heavy atom. The van der Waals surface area contributed by atoms with Crippen molar-refractivity contribution in [2.45, 2.75) is 39.0 Å². The molecule has 0 radical (unpaired) electrons. The lowest BCUT2D eigenvalue weighted by atomic mass is 9.80. The fraction of sp³-hybridized carbons (Fsp3) is 0.500. The van der Waals surface area contributed by atoms with E-state index in [0.29, 0.717) is 16.8 Å². The van der Waals surface area contributed by atoms with Crippen molar-refractivity contribution >= 4 is 27.6 Å². The number of nitrogens with zero attached hydrogens (tertiary/aromatic N) is 2. The largest absolute Gasteiger partial charge is 0.364 e. The van der Waals surface area contributed by atoms with Gasteiger partial charge in [0.2, 0.25) is 0 Å². The maximum absolute atomic E-state index is 11.2. The average Bonchev–Trinajstić information content (AvgIpc) is 2.78. The number of rotatable bonds is 2. The maximum atomic E-state index is 11.2. The van der Waals surface area contributed by atoms with E-state index in [2.05, 4.69) is 24.9 Å². The van der Waals surface area contributed by atoms with Crippen molar-refractivity contribution in [2.75, 3.05) is 0 Å². The molecular formula is C14H17N3OS. The summed E-state index contributed by atoms with van der Waals surface area (Å²) >= 11 is 1.30. The van der Waals surface area contributed by atoms with Crippen LogP contribution in [0.1, 0.15) is 53.7 Å². The monoisotopic (exact) mass is 275 g/mol. The summed E-state index contributed by atoms with van der Waals surface area (Å²) in [5.41, 5.74) is 8.59. The van der Waals surface area contributed by atoms with Crippen molar-refractivity contribution in [1.82, 2.24) is 9.97 Å². The summed E-state index contributed by atoms with van der Waals surface area (Å²) in [6.07, 6.45) is 3.46. The normalized spacial score (nSPS) is 18.8. The lowest BCUT2D eigenvalue weighted by Gasteiger charge is -2.27. The van der Waals surface area contributed by atoms with Gasteiger partial charge >= 0.3 is 0 Å². The predicted octanol–water partition coefficient (Wildman–Crippen LogP) is 2.87. The second-order valence-electron chi connectivity index (χ2n) is 5.48. The number of hydrogen-bond donors (Lipinski definition) is 1. The molecule has 0 saturated carbocycles. The van der Waals surface area contributed by atoms with Crippen LogP contribution in [0.4, 0.5) is 0 Å². The maximum Gasteiger partial charge on any atom is 0.277 e. The van der Waals surface area contributed by atoms with E-state index in [9.17, 15) is 4.79 Å². The standard InChI is InChI=1S/C14H17N3OS/c1-7(2)9-5-3-4-8-6-10-13(17-11(8)9)19-14(16-10)12(15)18/h6-7,9H,3-5H2,1-2H3,(H2,15,18). The smallest absolute Gasteiger partial charge is 0.277 e. The van der Waals surface area contributed by atoms with Crippen LogP contribution < -0.4 is 5.73 Å². The second-order valence-corrected chi connectivity index (χ2v) is 6.46. The van der Waals surface area contributed by atoms with Gasteiger partial charge in [-0.15, -0.1) is 0 Å². The first-order valence-corrected chi connectivity index (χ1v) is 7.48. The first-order chi connectivity index (χ1) is 9.06. The molecular weight excluding hydrogens is 258 g/mol. The van der Waals surface area contributed by atoms with Gasteiger partial charge in [-0.3, -0.25) is 4.79 Å². The summed E-state index contributed by atoms with van der Waals surface area (Å²) in [5, 5.41) is 0.353. The molecule has 5 heteroatoms. The Balaban J connectivity index is 2.16. The predicted molar refractivity (Wildman–Crippen MR) is 76.4 cm³/mol. The number of aromatic nitrogens is 2. The van der Waals surface area contributed by atoms with E-state index in [1.54, 1.807) is 0 Å². The second kappa shape index (κ2) is 4.56. The Morgan fingerprint density at radius 2 is 2.26 bits per heavy atom. The fourth-order valence-corrected chi connectivity index (χ4v) is 3.62. The molecule has 0 spiro atoms. The molecule has 1 aliphatic carbocycles. The van der Waals surface area contributed by atoms with Gasteiger partial charge in [-0.25, -0.2) is 9.97 Å². The third kappa shape index (κ3) is 2.12. The van der Waals surface area contributed by atoms with Gasteiger partial charge in [0.1, 0.15) is 10.3 Å². The van der Waals surface area contributed by atoms with Crippen molar-refractivity contribution in [3.63, 3.8) is 0 Å². The average molecular weight is 275 g/mol. The minimum absolute atomic E-state index is 0.353. The molecule has 1 aliphatic rings. The van der Waals surface area contributed by atoms with Crippen LogP contribution in [0, 0.1) is 5.92 Å². The molecule has 2 N–H and O–H groups in total. The topological polar surface area (TPSA) is 68.9 Å². The zero-order valence-electron chi connectivity index (χ0n) is 11.1. The number of carbonyl (C=O) groups is 1. The first-order valence-electron chi connectivity index (χ1n) is 6.66. The number of amides is 1. The van der Waals surface area contributed by atoms with Gasteiger partial charge in [0.15, 0.2) is 5.01 Å². The van der Waals surface area contributed by atoms with E-state index in [4.69, 9.17) is 10.7 Å². The molecule has 0 bridgehead atoms. The summed E-state index contributed by atoms with van der Waals surface area (Å²) in [7, 11) is 0. The molecule has 0 aromatic carbocycles. The zero-order valence-corrected chi connectivity index (χ0v) is 12.0. The molecule has 3 rings (SSSR count). The minimum atomic E-state index is -0.471. The summed E-state index contributed by atoms with van der Waals surface area (Å²) in [6.45, 7) is 4.49. The number of primary amides is 1. The molecule has 19 heavy (non-hydrogen) atoms. The highest BCUT2D eigenvalue weighted by Gasteiger charge is 2.25. The molecule has 2 aromatic rings. The molecule has 2 aromatic heterocycles. The van der Waals surface area contributed by atoms with E-state index >= 15 is 0 Å². The van der Waals surface area contributed by atoms with E-state index in [1.807, 2.05) is 0 Å². The van der Waals surface area contributed by atoms with E-state index < -0.39 is 5.91 Å². The van der Waals surface area contributed by atoms with Crippen LogP contribution >= 0.6 is 11.3 Å². The summed E-state index contributed by atoms with van der Waals surface area (Å²) in [5.74, 6) is 0.640.